The van der Waals surface area contributed by atoms with Crippen molar-refractivity contribution >= 4 is 35.4 Å². The van der Waals surface area contributed by atoms with Crippen LogP contribution in [0.4, 0.5) is 0 Å². The fourth-order valence-corrected chi connectivity index (χ4v) is 4.22. The first-order chi connectivity index (χ1) is 16.4. The predicted molar refractivity (Wildman–Crippen MR) is 129 cm³/mol. The number of hydrogen-bond donors (Lipinski definition) is 0. The molecule has 3 rings (SSSR count). The number of carbonyl (C=O) groups is 2. The standard InChI is InChI=1S/C25H25NO7S/c1-5-33-23(27)14-22-26(15-16-6-8-18(9-7-16)25(29)32-4)24(28)21(34-22)12-17-10-19(30-2)13-20(11-17)31-3/h6-14H,5,15H2,1-4H3/b21-12-,22-14-. The number of thiazole rings is 1. The number of methoxy groups -OCH3 is 3. The van der Waals surface area contributed by atoms with E-state index in [1.165, 1.54) is 29.1 Å². The number of carbonyl (C=O) groups excluding carboxylic acids is 2. The van der Waals surface area contributed by atoms with Gasteiger partial charge in [-0.3, -0.25) is 9.36 Å². The van der Waals surface area contributed by atoms with Crippen LogP contribution in [0.2, 0.25) is 0 Å². The summed E-state index contributed by atoms with van der Waals surface area (Å²) in [6.07, 6.45) is 3.03. The number of rotatable bonds is 8. The van der Waals surface area contributed by atoms with Crippen molar-refractivity contribution in [3.63, 3.8) is 0 Å². The molecule has 9 heteroatoms. The zero-order valence-electron chi connectivity index (χ0n) is 19.3. The molecule has 0 unspecified atom stereocenters. The number of hydrogen-bond acceptors (Lipinski definition) is 8. The van der Waals surface area contributed by atoms with Gasteiger partial charge in [-0.05, 0) is 48.4 Å². The average Bonchev–Trinajstić information content (AvgIpc) is 3.12. The summed E-state index contributed by atoms with van der Waals surface area (Å²) >= 11 is 1.18. The lowest BCUT2D eigenvalue weighted by molar-refractivity contribution is -0.135. The Labute approximate surface area is 200 Å². The number of nitrogens with zero attached hydrogens (tertiary/aromatic N) is 1. The minimum absolute atomic E-state index is 0.206. The van der Waals surface area contributed by atoms with Crippen LogP contribution in [-0.2, 0) is 20.8 Å². The lowest BCUT2D eigenvalue weighted by Gasteiger charge is -2.05. The second-order valence-corrected chi connectivity index (χ2v) is 8.13. The summed E-state index contributed by atoms with van der Waals surface area (Å²) in [6.45, 7) is 2.14. The Morgan fingerprint density at radius 3 is 2.21 bits per heavy atom. The fourth-order valence-electron chi connectivity index (χ4n) is 3.19. The van der Waals surface area contributed by atoms with E-state index in [1.54, 1.807) is 69.7 Å². The Balaban J connectivity index is 2.10. The summed E-state index contributed by atoms with van der Waals surface area (Å²) in [6, 6.07) is 12.0. The molecule has 0 saturated heterocycles. The zero-order chi connectivity index (χ0) is 24.7. The topological polar surface area (TPSA) is 93.1 Å². The smallest absolute Gasteiger partial charge is 0.337 e. The van der Waals surface area contributed by atoms with Crippen molar-refractivity contribution in [3.8, 4) is 11.5 Å². The Kier molecular flexibility index (Phi) is 8.26. The minimum Gasteiger partial charge on any atom is -0.497 e. The van der Waals surface area contributed by atoms with Gasteiger partial charge in [-0.25, -0.2) is 9.59 Å². The van der Waals surface area contributed by atoms with Gasteiger partial charge in [0.05, 0.1) is 50.7 Å². The molecule has 8 nitrogen and oxygen atoms in total. The van der Waals surface area contributed by atoms with Gasteiger partial charge >= 0.3 is 11.9 Å². The Morgan fingerprint density at radius 2 is 1.65 bits per heavy atom. The van der Waals surface area contributed by atoms with Crippen LogP contribution < -0.4 is 24.2 Å². The van der Waals surface area contributed by atoms with Crippen LogP contribution in [0, 0.1) is 0 Å². The molecule has 0 radical (unpaired) electrons. The predicted octanol–water partition coefficient (Wildman–Crippen LogP) is 1.93. The number of aromatic nitrogens is 1. The summed E-state index contributed by atoms with van der Waals surface area (Å²) in [5.41, 5.74) is 1.63. The lowest BCUT2D eigenvalue weighted by atomic mass is 10.1. The zero-order valence-corrected chi connectivity index (χ0v) is 20.1. The van der Waals surface area contributed by atoms with E-state index in [1.807, 2.05) is 0 Å². The molecule has 2 aromatic carbocycles. The third-order valence-corrected chi connectivity index (χ3v) is 5.91. The van der Waals surface area contributed by atoms with Gasteiger partial charge < -0.3 is 18.9 Å². The van der Waals surface area contributed by atoms with Crippen molar-refractivity contribution in [2.24, 2.45) is 0 Å². The molecule has 0 N–H and O–H groups in total. The van der Waals surface area contributed by atoms with E-state index in [2.05, 4.69) is 0 Å². The molecule has 0 atom stereocenters. The first-order valence-corrected chi connectivity index (χ1v) is 11.2. The Morgan fingerprint density at radius 1 is 1.00 bits per heavy atom. The van der Waals surface area contributed by atoms with Crippen molar-refractivity contribution in [2.45, 2.75) is 13.5 Å². The summed E-state index contributed by atoms with van der Waals surface area (Å²) in [5.74, 6) is 0.201. The van der Waals surface area contributed by atoms with E-state index in [0.717, 1.165) is 5.56 Å². The van der Waals surface area contributed by atoms with Gasteiger partial charge in [-0.15, -0.1) is 11.3 Å². The molecular formula is C25H25NO7S. The van der Waals surface area contributed by atoms with Gasteiger partial charge in [0.25, 0.3) is 5.56 Å². The van der Waals surface area contributed by atoms with Crippen LogP contribution in [0.1, 0.15) is 28.4 Å². The molecule has 0 fully saturated rings. The molecule has 0 bridgehead atoms. The van der Waals surface area contributed by atoms with Gasteiger partial charge in [0.15, 0.2) is 0 Å². The van der Waals surface area contributed by atoms with E-state index >= 15 is 0 Å². The largest absolute Gasteiger partial charge is 0.497 e. The summed E-state index contributed by atoms with van der Waals surface area (Å²) < 4.78 is 22.7. The molecule has 0 aliphatic heterocycles. The molecule has 3 aromatic rings. The van der Waals surface area contributed by atoms with E-state index in [4.69, 9.17) is 18.9 Å². The molecule has 0 spiro atoms. The SMILES string of the molecule is CCOC(=O)/C=c1\s/c(=C\c2cc(OC)cc(OC)c2)c(=O)n1Cc1ccc(C(=O)OC)cc1. The van der Waals surface area contributed by atoms with Crippen molar-refractivity contribution in [1.29, 1.82) is 0 Å². The maximum Gasteiger partial charge on any atom is 0.337 e. The molecule has 34 heavy (non-hydrogen) atoms. The van der Waals surface area contributed by atoms with Crippen molar-refractivity contribution in [3.05, 3.63) is 78.7 Å². The van der Waals surface area contributed by atoms with Gasteiger partial charge in [-0.1, -0.05) is 12.1 Å². The van der Waals surface area contributed by atoms with E-state index in [-0.39, 0.29) is 18.7 Å². The average molecular weight is 484 g/mol. The van der Waals surface area contributed by atoms with Crippen LogP contribution in [0.3, 0.4) is 0 Å². The lowest BCUT2D eigenvalue weighted by Crippen LogP contribution is -2.32. The highest BCUT2D eigenvalue weighted by molar-refractivity contribution is 7.07. The van der Waals surface area contributed by atoms with E-state index in [0.29, 0.717) is 31.8 Å². The highest BCUT2D eigenvalue weighted by Gasteiger charge is 2.10. The third kappa shape index (κ3) is 5.93. The van der Waals surface area contributed by atoms with Gasteiger partial charge in [0, 0.05) is 6.07 Å². The monoisotopic (exact) mass is 483 g/mol. The van der Waals surface area contributed by atoms with E-state index < -0.39 is 11.9 Å². The third-order valence-electron chi connectivity index (χ3n) is 4.85. The van der Waals surface area contributed by atoms with Gasteiger partial charge in [0.1, 0.15) is 16.2 Å². The minimum atomic E-state index is -0.534. The van der Waals surface area contributed by atoms with Crippen LogP contribution in [0.25, 0.3) is 12.2 Å². The number of esters is 2. The Hall–Kier alpha value is -3.85. The molecular weight excluding hydrogens is 458 g/mol. The van der Waals surface area contributed by atoms with Crippen LogP contribution in [-0.4, -0.2) is 44.4 Å². The van der Waals surface area contributed by atoms with Crippen LogP contribution >= 0.6 is 11.3 Å². The fraction of sp³-hybridized carbons (Fsp3) is 0.240. The summed E-state index contributed by atoms with van der Waals surface area (Å²) in [7, 11) is 4.41. The van der Waals surface area contributed by atoms with Gasteiger partial charge in [0.2, 0.25) is 0 Å². The maximum absolute atomic E-state index is 13.3. The van der Waals surface area contributed by atoms with Crippen molar-refractivity contribution < 1.29 is 28.5 Å². The molecule has 178 valence electrons. The second-order valence-electron chi connectivity index (χ2n) is 7.07. The molecule has 0 aliphatic rings. The maximum atomic E-state index is 13.3. The molecule has 0 saturated carbocycles. The number of ether oxygens (including phenoxy) is 4. The Bertz CT molecular complexity index is 1330. The number of benzene rings is 2. The normalized spacial score (nSPS) is 11.9. The van der Waals surface area contributed by atoms with Gasteiger partial charge in [-0.2, -0.15) is 0 Å². The van der Waals surface area contributed by atoms with Crippen LogP contribution in [0.15, 0.2) is 47.3 Å². The quantitative estimate of drug-likeness (QED) is 0.452. The molecule has 0 amide bonds. The first-order valence-electron chi connectivity index (χ1n) is 10.4. The summed E-state index contributed by atoms with van der Waals surface area (Å²) in [5, 5.41) is 0. The van der Waals surface area contributed by atoms with E-state index in [9.17, 15) is 14.4 Å². The summed E-state index contributed by atoms with van der Waals surface area (Å²) in [4.78, 5) is 37.1. The highest BCUT2D eigenvalue weighted by Crippen LogP contribution is 2.22. The molecule has 1 aromatic heterocycles. The molecule has 0 aliphatic carbocycles. The van der Waals surface area contributed by atoms with Crippen LogP contribution in [0.5, 0.6) is 11.5 Å². The second kappa shape index (κ2) is 11.3. The molecule has 1 heterocycles. The first kappa shape index (κ1) is 24.8. The highest BCUT2D eigenvalue weighted by atomic mass is 32.1. The van der Waals surface area contributed by atoms with Crippen molar-refractivity contribution in [2.75, 3.05) is 27.9 Å². The van der Waals surface area contributed by atoms with Crippen molar-refractivity contribution in [1.82, 2.24) is 4.57 Å².